The van der Waals surface area contributed by atoms with Crippen LogP contribution < -0.4 is 9.46 Å². The number of esters is 1. The van der Waals surface area contributed by atoms with Crippen molar-refractivity contribution in [1.82, 2.24) is 4.98 Å². The lowest BCUT2D eigenvalue weighted by Gasteiger charge is -2.02. The average molecular weight is 252 g/mol. The minimum atomic E-state index is -0.447. The van der Waals surface area contributed by atoms with Gasteiger partial charge in [-0.15, -0.1) is 0 Å². The highest BCUT2D eigenvalue weighted by molar-refractivity contribution is 7.81. The maximum Gasteiger partial charge on any atom is 0.356 e. The Morgan fingerprint density at radius 3 is 2.76 bits per heavy atom. The average Bonchev–Trinajstić information content (AvgIpc) is 2.74. The number of carbonyl (C=O) groups is 1. The number of nitrogens with one attached hydrogen (secondary N) is 2. The van der Waals surface area contributed by atoms with Crippen LogP contribution in [0.25, 0.3) is 10.9 Å². The van der Waals surface area contributed by atoms with E-state index in [0.717, 1.165) is 10.9 Å². The van der Waals surface area contributed by atoms with E-state index in [0.29, 0.717) is 17.1 Å². The van der Waals surface area contributed by atoms with E-state index in [2.05, 4.69) is 27.3 Å². The molecule has 2 aromatic rings. The minimum absolute atomic E-state index is 0.339. The summed E-state index contributed by atoms with van der Waals surface area (Å²) in [4.78, 5) is 14.5. The van der Waals surface area contributed by atoms with Crippen LogP contribution in [0.3, 0.4) is 0 Å². The van der Waals surface area contributed by atoms with E-state index in [1.807, 2.05) is 18.2 Å². The Morgan fingerprint density at radius 2 is 2.18 bits per heavy atom. The highest BCUT2D eigenvalue weighted by atomic mass is 32.1. The van der Waals surface area contributed by atoms with E-state index in [4.69, 9.17) is 4.74 Å². The van der Waals surface area contributed by atoms with Gasteiger partial charge in [-0.05, 0) is 18.2 Å². The normalized spacial score (nSPS) is 10.3. The monoisotopic (exact) mass is 252 g/mol. The number of hydrogen-bond donors (Lipinski definition) is 3. The second kappa shape index (κ2) is 4.58. The number of rotatable bonds is 3. The summed E-state index contributed by atoms with van der Waals surface area (Å²) in [5.74, 6) is 0.259. The summed E-state index contributed by atoms with van der Waals surface area (Å²) in [6, 6.07) is 5.45. The molecule has 0 radical (unpaired) electrons. The standard InChI is InChI=1S/C11H12N2O3S/c1-15-6-3-4-8-7(5-6)9(13-17)10(12-8)11(14)16-2/h3-5,12-13,17H,1-2H3. The van der Waals surface area contributed by atoms with Crippen LogP contribution in [0, 0.1) is 0 Å². The van der Waals surface area contributed by atoms with Crippen LogP contribution in [0.5, 0.6) is 5.75 Å². The molecule has 0 aliphatic heterocycles. The zero-order valence-electron chi connectivity index (χ0n) is 9.40. The Balaban J connectivity index is 2.67. The van der Waals surface area contributed by atoms with E-state index in [1.165, 1.54) is 7.11 Å². The van der Waals surface area contributed by atoms with Gasteiger partial charge in [0, 0.05) is 10.9 Å². The van der Waals surface area contributed by atoms with Gasteiger partial charge in [-0.2, -0.15) is 0 Å². The van der Waals surface area contributed by atoms with E-state index in [1.54, 1.807) is 7.11 Å². The highest BCUT2D eigenvalue weighted by Crippen LogP contribution is 2.31. The molecule has 0 saturated carbocycles. The van der Waals surface area contributed by atoms with Crippen molar-refractivity contribution in [3.8, 4) is 5.75 Å². The van der Waals surface area contributed by atoms with E-state index < -0.39 is 5.97 Å². The zero-order chi connectivity index (χ0) is 12.4. The van der Waals surface area contributed by atoms with Crippen molar-refractivity contribution in [2.75, 3.05) is 18.9 Å². The van der Waals surface area contributed by atoms with Gasteiger partial charge in [0.1, 0.15) is 11.4 Å². The predicted octanol–water partition coefficient (Wildman–Crippen LogP) is 2.22. The molecule has 90 valence electrons. The van der Waals surface area contributed by atoms with Crippen molar-refractivity contribution in [1.29, 1.82) is 0 Å². The molecule has 6 heteroatoms. The molecule has 17 heavy (non-hydrogen) atoms. The number of methoxy groups -OCH3 is 2. The number of aromatic nitrogens is 1. The van der Waals surface area contributed by atoms with Crippen molar-refractivity contribution in [2.24, 2.45) is 0 Å². The molecule has 0 amide bonds. The first-order valence-electron chi connectivity index (χ1n) is 4.89. The molecule has 0 fully saturated rings. The van der Waals surface area contributed by atoms with Crippen molar-refractivity contribution >= 4 is 35.4 Å². The zero-order valence-corrected chi connectivity index (χ0v) is 10.3. The number of thiol groups is 1. The number of anilines is 1. The van der Waals surface area contributed by atoms with Gasteiger partial charge in [0.15, 0.2) is 0 Å². The number of aromatic amines is 1. The summed E-state index contributed by atoms with van der Waals surface area (Å²) in [6.45, 7) is 0. The summed E-state index contributed by atoms with van der Waals surface area (Å²) < 4.78 is 12.5. The maximum absolute atomic E-state index is 11.6. The lowest BCUT2D eigenvalue weighted by Crippen LogP contribution is -2.03. The molecule has 0 atom stereocenters. The summed E-state index contributed by atoms with van der Waals surface area (Å²) in [6.07, 6.45) is 0. The molecule has 2 N–H and O–H groups in total. The molecule has 0 spiro atoms. The first kappa shape index (κ1) is 11.7. The smallest absolute Gasteiger partial charge is 0.356 e. The molecule has 1 aromatic heterocycles. The van der Waals surface area contributed by atoms with Crippen LogP contribution in [0.1, 0.15) is 10.5 Å². The number of H-pyrrole nitrogens is 1. The summed E-state index contributed by atoms with van der Waals surface area (Å²) in [7, 11) is 2.92. The Bertz CT molecular complexity index is 565. The van der Waals surface area contributed by atoms with Crippen molar-refractivity contribution in [3.63, 3.8) is 0 Å². The second-order valence-corrected chi connectivity index (χ2v) is 3.61. The third kappa shape index (κ3) is 1.91. The van der Waals surface area contributed by atoms with Crippen LogP contribution in [-0.2, 0) is 4.74 Å². The molecule has 5 nitrogen and oxygen atoms in total. The number of hydrogen-bond acceptors (Lipinski definition) is 5. The van der Waals surface area contributed by atoms with Crippen molar-refractivity contribution in [2.45, 2.75) is 0 Å². The van der Waals surface area contributed by atoms with Crippen LogP contribution in [0.15, 0.2) is 18.2 Å². The molecular weight excluding hydrogens is 240 g/mol. The highest BCUT2D eigenvalue weighted by Gasteiger charge is 2.17. The maximum atomic E-state index is 11.6. The van der Waals surface area contributed by atoms with Gasteiger partial charge in [0.2, 0.25) is 0 Å². The number of ether oxygens (including phenoxy) is 2. The Hall–Kier alpha value is -1.82. The molecule has 0 aliphatic rings. The Kier molecular flexibility index (Phi) is 3.14. The van der Waals surface area contributed by atoms with Gasteiger partial charge in [-0.3, -0.25) is 0 Å². The van der Waals surface area contributed by atoms with Crippen molar-refractivity contribution < 1.29 is 14.3 Å². The molecule has 0 unspecified atom stereocenters. The van der Waals surface area contributed by atoms with Crippen LogP contribution >= 0.6 is 12.8 Å². The number of benzene rings is 1. The second-order valence-electron chi connectivity index (χ2n) is 3.39. The van der Waals surface area contributed by atoms with Crippen LogP contribution in [-0.4, -0.2) is 25.2 Å². The lowest BCUT2D eigenvalue weighted by atomic mass is 10.2. The largest absolute Gasteiger partial charge is 0.497 e. The Morgan fingerprint density at radius 1 is 1.41 bits per heavy atom. The van der Waals surface area contributed by atoms with Crippen molar-refractivity contribution in [3.05, 3.63) is 23.9 Å². The quantitative estimate of drug-likeness (QED) is 0.579. The topological polar surface area (TPSA) is 63.4 Å². The van der Waals surface area contributed by atoms with E-state index >= 15 is 0 Å². The fourth-order valence-electron chi connectivity index (χ4n) is 1.67. The molecule has 1 aromatic carbocycles. The predicted molar refractivity (Wildman–Crippen MR) is 68.8 cm³/mol. The van der Waals surface area contributed by atoms with Gasteiger partial charge < -0.3 is 19.2 Å². The summed E-state index contributed by atoms with van der Waals surface area (Å²) >= 11 is 4.00. The van der Waals surface area contributed by atoms with Gasteiger partial charge in [-0.1, -0.05) is 12.8 Å². The fourth-order valence-corrected chi connectivity index (χ4v) is 1.90. The SMILES string of the molecule is COC(=O)c1[nH]c2ccc(OC)cc2c1NS. The molecular formula is C11H12N2O3S. The first-order valence-corrected chi connectivity index (χ1v) is 5.34. The number of carbonyl (C=O) groups excluding carboxylic acids is 1. The minimum Gasteiger partial charge on any atom is -0.497 e. The van der Waals surface area contributed by atoms with Gasteiger partial charge >= 0.3 is 5.97 Å². The van der Waals surface area contributed by atoms with E-state index in [9.17, 15) is 4.79 Å². The molecule has 0 aliphatic carbocycles. The third-order valence-electron chi connectivity index (χ3n) is 2.51. The summed E-state index contributed by atoms with van der Waals surface area (Å²) in [5, 5.41) is 0.819. The van der Waals surface area contributed by atoms with Gasteiger partial charge in [-0.25, -0.2) is 4.79 Å². The van der Waals surface area contributed by atoms with Crippen LogP contribution in [0.2, 0.25) is 0 Å². The lowest BCUT2D eigenvalue weighted by molar-refractivity contribution is 0.0596. The molecule has 0 bridgehead atoms. The van der Waals surface area contributed by atoms with Gasteiger partial charge in [0.05, 0.1) is 19.9 Å². The Labute approximate surface area is 104 Å². The molecule has 2 rings (SSSR count). The number of fused-ring (bicyclic) bond motifs is 1. The fraction of sp³-hybridized carbons (Fsp3) is 0.182. The van der Waals surface area contributed by atoms with Crippen LogP contribution in [0.4, 0.5) is 5.69 Å². The van der Waals surface area contributed by atoms with Gasteiger partial charge in [0.25, 0.3) is 0 Å². The summed E-state index contributed by atoms with van der Waals surface area (Å²) in [5.41, 5.74) is 1.72. The molecule has 0 saturated heterocycles. The third-order valence-corrected chi connectivity index (χ3v) is 2.73. The molecule has 1 heterocycles. The first-order chi connectivity index (χ1) is 8.21. The van der Waals surface area contributed by atoms with E-state index in [-0.39, 0.29) is 0 Å².